The molecule has 1 aliphatic carbocycles. The van der Waals surface area contributed by atoms with Crippen LogP contribution in [0.25, 0.3) is 0 Å². The predicted octanol–water partition coefficient (Wildman–Crippen LogP) is 5.10. The number of allylic oxidation sites excluding steroid dienone is 1. The number of hydrogen-bond acceptors (Lipinski definition) is 1. The second kappa shape index (κ2) is 8.38. The van der Waals surface area contributed by atoms with Crippen molar-refractivity contribution in [2.24, 2.45) is 0 Å². The Hall–Kier alpha value is -1.08. The summed E-state index contributed by atoms with van der Waals surface area (Å²) in [4.78, 5) is 0. The summed E-state index contributed by atoms with van der Waals surface area (Å²) in [6.45, 7) is 7.78. The maximum Gasteiger partial charge on any atom is 0.0145 e. The van der Waals surface area contributed by atoms with Crippen LogP contribution in [0.4, 0.5) is 0 Å². The van der Waals surface area contributed by atoms with Gasteiger partial charge in [-0.05, 0) is 70.9 Å². The summed E-state index contributed by atoms with van der Waals surface area (Å²) in [5.41, 5.74) is 5.93. The minimum absolute atomic E-state index is 0.593. The molecule has 0 radical (unpaired) electrons. The quantitative estimate of drug-likeness (QED) is 0.687. The van der Waals surface area contributed by atoms with Crippen LogP contribution in [-0.2, 0) is 6.42 Å². The molecule has 1 N–H and O–H groups in total. The smallest absolute Gasteiger partial charge is 0.0145 e. The molecule has 0 heterocycles. The molecule has 1 aromatic rings. The Bertz CT molecular complexity index is 452. The van der Waals surface area contributed by atoms with E-state index in [1.807, 2.05) is 0 Å². The molecule has 0 aromatic heterocycles. The molecule has 1 nitrogen and oxygen atoms in total. The van der Waals surface area contributed by atoms with Gasteiger partial charge in [0, 0.05) is 6.04 Å². The first kappa shape index (κ1) is 16.3. The molecule has 21 heavy (non-hydrogen) atoms. The summed E-state index contributed by atoms with van der Waals surface area (Å²) >= 11 is 0. The minimum atomic E-state index is 0.593. The zero-order valence-electron chi connectivity index (χ0n) is 14.0. The Morgan fingerprint density at radius 3 is 2.43 bits per heavy atom. The summed E-state index contributed by atoms with van der Waals surface area (Å²) < 4.78 is 0. The highest BCUT2D eigenvalue weighted by Crippen LogP contribution is 2.23. The molecule has 2 rings (SSSR count). The Kier molecular flexibility index (Phi) is 6.50. The van der Waals surface area contributed by atoms with Gasteiger partial charge in [-0.15, -0.1) is 0 Å². The molecule has 0 fully saturated rings. The van der Waals surface area contributed by atoms with E-state index in [2.05, 4.69) is 50.4 Å². The first-order chi connectivity index (χ1) is 10.2. The Morgan fingerprint density at radius 1 is 1.05 bits per heavy atom. The van der Waals surface area contributed by atoms with Crippen LogP contribution in [0.5, 0.6) is 0 Å². The molecule has 1 aliphatic rings. The molecule has 0 aliphatic heterocycles. The van der Waals surface area contributed by atoms with Crippen molar-refractivity contribution < 1.29 is 0 Å². The number of nitrogens with one attached hydrogen (secondary N) is 1. The van der Waals surface area contributed by atoms with Crippen LogP contribution in [0.2, 0.25) is 0 Å². The average molecular weight is 285 g/mol. The van der Waals surface area contributed by atoms with E-state index < -0.39 is 0 Å². The fourth-order valence-electron chi connectivity index (χ4n) is 3.44. The summed E-state index contributed by atoms with van der Waals surface area (Å²) in [5.74, 6) is 0. The SMILES string of the molecule is CCCNC(CC1=CCCCC1)Cc1cc(C)cc(C)c1. The van der Waals surface area contributed by atoms with Gasteiger partial charge in [0.2, 0.25) is 0 Å². The third kappa shape index (κ3) is 5.67. The Morgan fingerprint density at radius 2 is 1.81 bits per heavy atom. The second-order valence-corrected chi connectivity index (χ2v) is 6.66. The molecule has 1 unspecified atom stereocenters. The molecule has 0 bridgehead atoms. The fraction of sp³-hybridized carbons (Fsp3) is 0.600. The fourth-order valence-corrected chi connectivity index (χ4v) is 3.44. The lowest BCUT2D eigenvalue weighted by Gasteiger charge is -2.22. The van der Waals surface area contributed by atoms with Gasteiger partial charge in [-0.25, -0.2) is 0 Å². The van der Waals surface area contributed by atoms with Crippen LogP contribution >= 0.6 is 0 Å². The Balaban J connectivity index is 2.02. The van der Waals surface area contributed by atoms with Crippen LogP contribution in [0.1, 0.15) is 62.1 Å². The van der Waals surface area contributed by atoms with Crippen LogP contribution < -0.4 is 5.32 Å². The highest BCUT2D eigenvalue weighted by atomic mass is 14.9. The molecule has 1 aromatic carbocycles. The van der Waals surface area contributed by atoms with E-state index in [-0.39, 0.29) is 0 Å². The molecule has 0 amide bonds. The number of aryl methyl sites for hydroxylation is 2. The lowest BCUT2D eigenvalue weighted by atomic mass is 9.91. The van der Waals surface area contributed by atoms with Gasteiger partial charge in [0.05, 0.1) is 0 Å². The molecule has 116 valence electrons. The van der Waals surface area contributed by atoms with E-state index in [4.69, 9.17) is 0 Å². The zero-order valence-corrected chi connectivity index (χ0v) is 14.0. The van der Waals surface area contributed by atoms with Crippen molar-refractivity contribution >= 4 is 0 Å². The second-order valence-electron chi connectivity index (χ2n) is 6.66. The van der Waals surface area contributed by atoms with Crippen molar-refractivity contribution in [3.05, 3.63) is 46.5 Å². The maximum absolute atomic E-state index is 3.76. The van der Waals surface area contributed by atoms with Gasteiger partial charge in [0.1, 0.15) is 0 Å². The maximum atomic E-state index is 3.76. The van der Waals surface area contributed by atoms with Gasteiger partial charge < -0.3 is 5.32 Å². The summed E-state index contributed by atoms with van der Waals surface area (Å²) in [6, 6.07) is 7.56. The molecule has 1 heteroatoms. The van der Waals surface area contributed by atoms with E-state index in [0.717, 1.165) is 13.0 Å². The molecular formula is C20H31N. The van der Waals surface area contributed by atoms with Crippen molar-refractivity contribution in [2.75, 3.05) is 6.54 Å². The van der Waals surface area contributed by atoms with Gasteiger partial charge >= 0.3 is 0 Å². The largest absolute Gasteiger partial charge is 0.313 e. The van der Waals surface area contributed by atoms with E-state index in [1.54, 1.807) is 5.57 Å². The average Bonchev–Trinajstić information content (AvgIpc) is 2.45. The van der Waals surface area contributed by atoms with E-state index in [9.17, 15) is 0 Å². The number of benzene rings is 1. The summed E-state index contributed by atoms with van der Waals surface area (Å²) in [5, 5.41) is 3.76. The predicted molar refractivity (Wildman–Crippen MR) is 92.9 cm³/mol. The molecule has 0 saturated heterocycles. The van der Waals surface area contributed by atoms with E-state index >= 15 is 0 Å². The van der Waals surface area contributed by atoms with Gasteiger partial charge in [-0.1, -0.05) is 47.9 Å². The topological polar surface area (TPSA) is 12.0 Å². The minimum Gasteiger partial charge on any atom is -0.313 e. The first-order valence-corrected chi connectivity index (χ1v) is 8.66. The zero-order chi connectivity index (χ0) is 15.1. The first-order valence-electron chi connectivity index (χ1n) is 8.66. The van der Waals surface area contributed by atoms with Crippen molar-refractivity contribution in [2.45, 2.75) is 71.8 Å². The lowest BCUT2D eigenvalue weighted by Crippen LogP contribution is -2.32. The molecule has 0 spiro atoms. The van der Waals surface area contributed by atoms with Crippen molar-refractivity contribution in [1.29, 1.82) is 0 Å². The standard InChI is InChI=1S/C20H31N/c1-4-10-21-20(14-18-8-6-5-7-9-18)15-19-12-16(2)11-17(3)13-19/h8,11-13,20-21H,4-7,9-10,14-15H2,1-3H3. The van der Waals surface area contributed by atoms with E-state index in [0.29, 0.717) is 6.04 Å². The van der Waals surface area contributed by atoms with Crippen molar-refractivity contribution in [3.63, 3.8) is 0 Å². The molecular weight excluding hydrogens is 254 g/mol. The number of hydrogen-bond donors (Lipinski definition) is 1. The molecule has 0 saturated carbocycles. The number of rotatable bonds is 7. The summed E-state index contributed by atoms with van der Waals surface area (Å²) in [7, 11) is 0. The summed E-state index contributed by atoms with van der Waals surface area (Å²) in [6.07, 6.45) is 11.5. The van der Waals surface area contributed by atoms with E-state index in [1.165, 1.54) is 55.2 Å². The van der Waals surface area contributed by atoms with Crippen LogP contribution in [0.15, 0.2) is 29.8 Å². The lowest BCUT2D eigenvalue weighted by molar-refractivity contribution is 0.490. The van der Waals surface area contributed by atoms with Gasteiger partial charge in [0.15, 0.2) is 0 Å². The van der Waals surface area contributed by atoms with Gasteiger partial charge in [0.25, 0.3) is 0 Å². The van der Waals surface area contributed by atoms with Crippen LogP contribution in [0, 0.1) is 13.8 Å². The van der Waals surface area contributed by atoms with Crippen LogP contribution in [-0.4, -0.2) is 12.6 Å². The van der Waals surface area contributed by atoms with Crippen molar-refractivity contribution in [3.8, 4) is 0 Å². The monoisotopic (exact) mass is 285 g/mol. The van der Waals surface area contributed by atoms with Crippen LogP contribution in [0.3, 0.4) is 0 Å². The third-order valence-electron chi connectivity index (χ3n) is 4.34. The van der Waals surface area contributed by atoms with Gasteiger partial charge in [-0.3, -0.25) is 0 Å². The highest BCUT2D eigenvalue weighted by Gasteiger charge is 2.13. The van der Waals surface area contributed by atoms with Crippen molar-refractivity contribution in [1.82, 2.24) is 5.32 Å². The molecule has 1 atom stereocenters. The highest BCUT2D eigenvalue weighted by molar-refractivity contribution is 5.29. The van der Waals surface area contributed by atoms with Gasteiger partial charge in [-0.2, -0.15) is 0 Å². The third-order valence-corrected chi connectivity index (χ3v) is 4.34. The Labute approximate surface area is 130 Å². The normalized spacial score (nSPS) is 16.6.